The molecule has 0 aliphatic rings. The summed E-state index contributed by atoms with van der Waals surface area (Å²) >= 11 is 0. The summed E-state index contributed by atoms with van der Waals surface area (Å²) in [4.78, 5) is 37.5. The van der Waals surface area contributed by atoms with Crippen LogP contribution in [-0.2, 0) is 11.3 Å². The molecular formula is C12H17N3O5. The first-order valence-electron chi connectivity index (χ1n) is 5.95. The minimum atomic E-state index is -1.34. The van der Waals surface area contributed by atoms with Gasteiger partial charge >= 0.3 is 12.1 Å². The summed E-state index contributed by atoms with van der Waals surface area (Å²) in [5, 5.41) is 11.3. The van der Waals surface area contributed by atoms with Crippen molar-refractivity contribution < 1.29 is 19.4 Å². The molecule has 1 heterocycles. The Labute approximate surface area is 115 Å². The van der Waals surface area contributed by atoms with E-state index < -0.39 is 28.8 Å². The smallest absolute Gasteiger partial charge is 0.407 e. The van der Waals surface area contributed by atoms with Crippen molar-refractivity contribution in [2.24, 2.45) is 0 Å². The van der Waals surface area contributed by atoms with Crippen molar-refractivity contribution in [3.05, 3.63) is 28.4 Å². The molecule has 1 amide bonds. The van der Waals surface area contributed by atoms with E-state index in [-0.39, 0.29) is 13.1 Å². The van der Waals surface area contributed by atoms with Gasteiger partial charge in [-0.1, -0.05) is 0 Å². The van der Waals surface area contributed by atoms with Crippen LogP contribution in [0.1, 0.15) is 31.1 Å². The van der Waals surface area contributed by atoms with Gasteiger partial charge in [0, 0.05) is 19.3 Å². The zero-order valence-corrected chi connectivity index (χ0v) is 11.5. The van der Waals surface area contributed by atoms with Gasteiger partial charge < -0.3 is 15.2 Å². The average molecular weight is 283 g/mol. The van der Waals surface area contributed by atoms with Crippen molar-refractivity contribution in [2.75, 3.05) is 6.54 Å². The molecule has 0 spiro atoms. The second-order valence-corrected chi connectivity index (χ2v) is 5.04. The molecule has 0 aliphatic carbocycles. The van der Waals surface area contributed by atoms with Crippen LogP contribution < -0.4 is 10.9 Å². The first-order chi connectivity index (χ1) is 9.20. The third-order valence-electron chi connectivity index (χ3n) is 2.15. The first kappa shape index (κ1) is 15.7. The molecule has 0 saturated carbocycles. The van der Waals surface area contributed by atoms with Gasteiger partial charge in [0.2, 0.25) is 0 Å². The minimum absolute atomic E-state index is 0.103. The largest absolute Gasteiger partial charge is 0.477 e. The maximum absolute atomic E-state index is 11.7. The number of aromatic nitrogens is 2. The highest BCUT2D eigenvalue weighted by Crippen LogP contribution is 2.06. The molecule has 0 atom stereocenters. The number of ether oxygens (including phenoxy) is 1. The SMILES string of the molecule is CC(C)(C)OC(=O)NCCn1cncc(C(=O)O)c1=O. The lowest BCUT2D eigenvalue weighted by molar-refractivity contribution is 0.0524. The average Bonchev–Trinajstić information content (AvgIpc) is 2.28. The monoisotopic (exact) mass is 283 g/mol. The van der Waals surface area contributed by atoms with Gasteiger partial charge in [-0.25, -0.2) is 14.6 Å². The zero-order valence-electron chi connectivity index (χ0n) is 11.5. The number of aromatic carboxylic acids is 1. The molecule has 0 aliphatic heterocycles. The van der Waals surface area contributed by atoms with Crippen LogP contribution in [0.25, 0.3) is 0 Å². The van der Waals surface area contributed by atoms with Gasteiger partial charge in [0.05, 0.1) is 6.33 Å². The maximum Gasteiger partial charge on any atom is 0.407 e. The second kappa shape index (κ2) is 6.18. The summed E-state index contributed by atoms with van der Waals surface area (Å²) in [5.74, 6) is -1.34. The van der Waals surface area contributed by atoms with Crippen molar-refractivity contribution in [1.82, 2.24) is 14.9 Å². The van der Waals surface area contributed by atoms with Crippen LogP contribution in [0.3, 0.4) is 0 Å². The molecule has 8 nitrogen and oxygen atoms in total. The Bertz CT molecular complexity index is 559. The third-order valence-corrected chi connectivity index (χ3v) is 2.15. The van der Waals surface area contributed by atoms with Crippen LogP contribution in [0.4, 0.5) is 4.79 Å². The van der Waals surface area contributed by atoms with Gasteiger partial charge in [0.25, 0.3) is 5.56 Å². The topological polar surface area (TPSA) is 111 Å². The molecule has 0 saturated heterocycles. The normalized spacial score (nSPS) is 10.9. The molecule has 0 aromatic carbocycles. The number of nitrogens with zero attached hydrogens (tertiary/aromatic N) is 2. The summed E-state index contributed by atoms with van der Waals surface area (Å²) in [6.45, 7) is 5.43. The van der Waals surface area contributed by atoms with Crippen LogP contribution in [0.2, 0.25) is 0 Å². The van der Waals surface area contributed by atoms with E-state index in [4.69, 9.17) is 9.84 Å². The Hall–Kier alpha value is -2.38. The fraction of sp³-hybridized carbons (Fsp3) is 0.500. The molecule has 1 rings (SSSR count). The number of carboxylic acids is 1. The number of amides is 1. The van der Waals surface area contributed by atoms with Gasteiger partial charge in [-0.15, -0.1) is 0 Å². The Morgan fingerprint density at radius 2 is 2.10 bits per heavy atom. The van der Waals surface area contributed by atoms with Crippen LogP contribution in [-0.4, -0.2) is 38.9 Å². The van der Waals surface area contributed by atoms with Crippen LogP contribution >= 0.6 is 0 Å². The highest BCUT2D eigenvalue weighted by Gasteiger charge is 2.16. The molecule has 1 aromatic heterocycles. The number of alkyl carbamates (subject to hydrolysis) is 1. The van der Waals surface area contributed by atoms with Crippen molar-refractivity contribution in [2.45, 2.75) is 32.9 Å². The van der Waals surface area contributed by atoms with E-state index in [0.717, 1.165) is 10.8 Å². The molecule has 0 bridgehead atoms. The van der Waals surface area contributed by atoms with E-state index in [1.165, 1.54) is 6.33 Å². The summed E-state index contributed by atoms with van der Waals surface area (Å²) in [7, 11) is 0. The molecule has 1 aromatic rings. The van der Waals surface area contributed by atoms with Crippen LogP contribution in [0.5, 0.6) is 0 Å². The lowest BCUT2D eigenvalue weighted by Crippen LogP contribution is -2.36. The summed E-state index contributed by atoms with van der Waals surface area (Å²) < 4.78 is 6.13. The fourth-order valence-electron chi connectivity index (χ4n) is 1.35. The number of nitrogens with one attached hydrogen (secondary N) is 1. The number of carbonyl (C=O) groups excluding carboxylic acids is 1. The Balaban J connectivity index is 2.59. The van der Waals surface area contributed by atoms with E-state index in [9.17, 15) is 14.4 Å². The standard InChI is InChI=1S/C12H17N3O5/c1-12(2,3)20-11(19)14-4-5-15-7-13-6-8(9(15)16)10(17)18/h6-7H,4-5H2,1-3H3,(H,14,19)(H,17,18). The highest BCUT2D eigenvalue weighted by molar-refractivity contribution is 5.86. The summed E-state index contributed by atoms with van der Waals surface area (Å²) in [6.07, 6.45) is 1.60. The van der Waals surface area contributed by atoms with E-state index in [0.29, 0.717) is 0 Å². The number of hydrogen-bond donors (Lipinski definition) is 2. The minimum Gasteiger partial charge on any atom is -0.477 e. The van der Waals surface area contributed by atoms with E-state index >= 15 is 0 Å². The molecule has 8 heteroatoms. The predicted molar refractivity (Wildman–Crippen MR) is 69.7 cm³/mol. The number of hydrogen-bond acceptors (Lipinski definition) is 5. The van der Waals surface area contributed by atoms with Crippen molar-refractivity contribution in [3.8, 4) is 0 Å². The lowest BCUT2D eigenvalue weighted by atomic mass is 10.2. The molecule has 110 valence electrons. The number of carbonyl (C=O) groups is 2. The lowest BCUT2D eigenvalue weighted by Gasteiger charge is -2.19. The molecule has 0 unspecified atom stereocenters. The third kappa shape index (κ3) is 4.71. The van der Waals surface area contributed by atoms with Gasteiger partial charge in [-0.3, -0.25) is 9.36 Å². The van der Waals surface area contributed by atoms with Crippen molar-refractivity contribution >= 4 is 12.1 Å². The molecule has 2 N–H and O–H groups in total. The molecule has 0 fully saturated rings. The fourth-order valence-corrected chi connectivity index (χ4v) is 1.35. The highest BCUT2D eigenvalue weighted by atomic mass is 16.6. The molecular weight excluding hydrogens is 266 g/mol. The van der Waals surface area contributed by atoms with E-state index in [2.05, 4.69) is 10.3 Å². The summed E-state index contributed by atoms with van der Waals surface area (Å²) in [6, 6.07) is 0. The van der Waals surface area contributed by atoms with Gasteiger partial charge in [0.1, 0.15) is 11.2 Å². The van der Waals surface area contributed by atoms with Crippen LogP contribution in [0.15, 0.2) is 17.3 Å². The van der Waals surface area contributed by atoms with E-state index in [1.54, 1.807) is 20.8 Å². The second-order valence-electron chi connectivity index (χ2n) is 5.04. The van der Waals surface area contributed by atoms with Gasteiger partial charge in [0.15, 0.2) is 0 Å². The van der Waals surface area contributed by atoms with Crippen molar-refractivity contribution in [3.63, 3.8) is 0 Å². The zero-order chi connectivity index (χ0) is 15.3. The van der Waals surface area contributed by atoms with Gasteiger partial charge in [-0.2, -0.15) is 0 Å². The van der Waals surface area contributed by atoms with Crippen molar-refractivity contribution in [1.29, 1.82) is 0 Å². The Morgan fingerprint density at radius 3 is 2.65 bits per heavy atom. The quantitative estimate of drug-likeness (QED) is 0.830. The first-order valence-corrected chi connectivity index (χ1v) is 5.95. The Morgan fingerprint density at radius 1 is 1.45 bits per heavy atom. The molecule has 0 radical (unpaired) electrons. The number of rotatable bonds is 4. The molecule has 20 heavy (non-hydrogen) atoms. The predicted octanol–water partition coefficient (Wildman–Crippen LogP) is 0.466. The Kier molecular flexibility index (Phi) is 4.84. The summed E-state index contributed by atoms with van der Waals surface area (Å²) in [5.41, 5.74) is -1.69. The maximum atomic E-state index is 11.7. The van der Waals surface area contributed by atoms with Crippen LogP contribution in [0, 0.1) is 0 Å². The van der Waals surface area contributed by atoms with E-state index in [1.807, 2.05) is 0 Å². The number of carboxylic acid groups (broad SMARTS) is 1. The van der Waals surface area contributed by atoms with Gasteiger partial charge in [-0.05, 0) is 20.8 Å².